The highest BCUT2D eigenvalue weighted by Gasteiger charge is 2.59. The van der Waals surface area contributed by atoms with E-state index in [-0.39, 0.29) is 12.0 Å². The molecular formula is C68H52N2O. The molecule has 2 aliphatic carbocycles. The molecule has 0 N–H and O–H groups in total. The van der Waals surface area contributed by atoms with Gasteiger partial charge >= 0.3 is 0 Å². The van der Waals surface area contributed by atoms with Crippen LogP contribution in [0.1, 0.15) is 94.4 Å². The molecule has 0 saturated carbocycles. The Balaban J connectivity index is 1.10. The van der Waals surface area contributed by atoms with Gasteiger partial charge < -0.3 is 4.74 Å². The van der Waals surface area contributed by atoms with E-state index >= 15 is 0 Å². The van der Waals surface area contributed by atoms with Crippen LogP contribution in [0.2, 0.25) is 0 Å². The van der Waals surface area contributed by atoms with Gasteiger partial charge in [0.05, 0.1) is 16.9 Å². The number of nitrogens with zero attached hydrogens (tertiary/aromatic N) is 2. The van der Waals surface area contributed by atoms with E-state index in [9.17, 15) is 0 Å². The summed E-state index contributed by atoms with van der Waals surface area (Å²) >= 11 is 0. The van der Waals surface area contributed by atoms with Crippen LogP contribution in [0.4, 0.5) is 0 Å². The fourth-order valence-corrected chi connectivity index (χ4v) is 12.6. The zero-order valence-corrected chi connectivity index (χ0v) is 40.2. The van der Waals surface area contributed by atoms with E-state index in [2.05, 4.69) is 257 Å². The second-order valence-electron chi connectivity index (χ2n) is 19.4. The molecule has 0 aromatic heterocycles. The first kappa shape index (κ1) is 42.7. The monoisotopic (exact) mass is 912 g/mol. The zero-order valence-electron chi connectivity index (χ0n) is 40.2. The minimum atomic E-state index is -0.675. The first-order valence-corrected chi connectivity index (χ1v) is 25.1. The maximum atomic E-state index is 6.78. The Labute approximate surface area is 416 Å². The van der Waals surface area contributed by atoms with Crippen molar-refractivity contribution in [3.05, 3.63) is 298 Å². The summed E-state index contributed by atoms with van der Waals surface area (Å²) in [6.07, 6.45) is 0.947. The molecule has 3 nitrogen and oxygen atoms in total. The summed E-state index contributed by atoms with van der Waals surface area (Å²) in [6, 6.07) is 86.3. The van der Waals surface area contributed by atoms with Gasteiger partial charge in [-0.1, -0.05) is 245 Å². The fourth-order valence-electron chi connectivity index (χ4n) is 12.6. The molecule has 2 unspecified atom stereocenters. The standard InChI is InChI=1S/C68H52N2O/c1-4-44(2)65(51-43-42-48(47-26-9-6-10-27-47)49-28-11-12-29-50(49)51)70-66(69-45(3)46-24-7-5-8-25-46)53-31-23-39-61-64(53)52-30-13-14-32-54(52)67(61)55-33-15-17-35-57(55)68(58-36-18-16-34-56(58)67)59-37-19-21-40-62(59)71-63-41-22-20-38-60(63)68/h5-44,65H,4H2,1-3H3. The van der Waals surface area contributed by atoms with Crippen molar-refractivity contribution in [3.8, 4) is 33.8 Å². The molecule has 10 aromatic rings. The summed E-state index contributed by atoms with van der Waals surface area (Å²) in [5.41, 5.74) is 17.5. The van der Waals surface area contributed by atoms with E-state index in [0.29, 0.717) is 0 Å². The summed E-state index contributed by atoms with van der Waals surface area (Å²) in [5, 5.41) is 2.44. The van der Waals surface area contributed by atoms with Crippen molar-refractivity contribution >= 4 is 22.3 Å². The molecule has 3 aliphatic rings. The average molecular weight is 913 g/mol. The Hall–Kier alpha value is -8.40. The molecule has 0 amide bonds. The highest BCUT2D eigenvalue weighted by Crippen LogP contribution is 2.67. The molecule has 1 aliphatic heterocycles. The van der Waals surface area contributed by atoms with E-state index in [1.807, 2.05) is 0 Å². The Kier molecular flexibility index (Phi) is 10.2. The molecule has 340 valence electrons. The minimum absolute atomic E-state index is 0.192. The highest BCUT2D eigenvalue weighted by atomic mass is 16.5. The number of benzene rings is 10. The van der Waals surface area contributed by atoms with Gasteiger partial charge in [-0.25, -0.2) is 4.99 Å². The lowest BCUT2D eigenvalue weighted by molar-refractivity contribution is 0.429. The van der Waals surface area contributed by atoms with Crippen molar-refractivity contribution in [2.45, 2.75) is 44.1 Å². The molecule has 2 atom stereocenters. The number of para-hydroxylation sites is 2. The summed E-state index contributed by atoms with van der Waals surface area (Å²) in [5.74, 6) is 2.70. The lowest BCUT2D eigenvalue weighted by Gasteiger charge is -2.51. The number of amidine groups is 1. The quantitative estimate of drug-likeness (QED) is 0.116. The predicted octanol–water partition coefficient (Wildman–Crippen LogP) is 16.7. The Morgan fingerprint density at radius 2 is 0.944 bits per heavy atom. The van der Waals surface area contributed by atoms with Crippen molar-refractivity contribution in [1.82, 2.24) is 0 Å². The number of rotatable bonds is 7. The topological polar surface area (TPSA) is 34.0 Å². The maximum absolute atomic E-state index is 6.78. The molecule has 0 bridgehead atoms. The van der Waals surface area contributed by atoms with Crippen LogP contribution < -0.4 is 4.74 Å². The minimum Gasteiger partial charge on any atom is -0.457 e. The lowest BCUT2D eigenvalue weighted by Crippen LogP contribution is -2.45. The van der Waals surface area contributed by atoms with Crippen LogP contribution >= 0.6 is 0 Å². The predicted molar refractivity (Wildman–Crippen MR) is 292 cm³/mol. The van der Waals surface area contributed by atoms with Gasteiger partial charge in [-0.2, -0.15) is 0 Å². The molecule has 10 aromatic carbocycles. The van der Waals surface area contributed by atoms with E-state index < -0.39 is 10.8 Å². The third kappa shape index (κ3) is 6.28. The van der Waals surface area contributed by atoms with Crippen LogP contribution in [0.3, 0.4) is 0 Å². The number of hydrogen-bond donors (Lipinski definition) is 0. The van der Waals surface area contributed by atoms with E-state index in [4.69, 9.17) is 14.7 Å². The van der Waals surface area contributed by atoms with Gasteiger partial charge in [0.1, 0.15) is 11.5 Å². The smallest absolute Gasteiger partial charge is 0.156 e. The van der Waals surface area contributed by atoms with Crippen LogP contribution in [0.5, 0.6) is 11.5 Å². The number of ether oxygens (including phenoxy) is 1. The molecule has 3 heteroatoms. The summed E-state index contributed by atoms with van der Waals surface area (Å²) in [7, 11) is 0. The van der Waals surface area contributed by atoms with E-state index in [1.165, 1.54) is 72.0 Å². The van der Waals surface area contributed by atoms with Gasteiger partial charge in [0.25, 0.3) is 0 Å². The normalized spacial score (nSPS) is 15.4. The Bertz CT molecular complexity index is 3680. The molecule has 1 heterocycles. The SMILES string of the molecule is CCC(C)C(N=C(N=C(C)c1ccccc1)c1cccc2c1-c1ccccc1C21c2ccccc2C2(c3ccccc3Oc3ccccc32)c2ccccc21)c1ccc(-c2ccccc2)c2ccccc12. The number of aliphatic imine (C=N–C) groups is 2. The van der Waals surface area contributed by atoms with Crippen LogP contribution in [0.25, 0.3) is 33.0 Å². The first-order valence-electron chi connectivity index (χ1n) is 25.1. The van der Waals surface area contributed by atoms with Gasteiger partial charge in [0.15, 0.2) is 5.84 Å². The van der Waals surface area contributed by atoms with Gasteiger partial charge in [0.2, 0.25) is 0 Å². The second-order valence-corrected chi connectivity index (χ2v) is 19.4. The Morgan fingerprint density at radius 1 is 0.451 bits per heavy atom. The van der Waals surface area contributed by atoms with Crippen LogP contribution in [-0.4, -0.2) is 11.5 Å². The van der Waals surface area contributed by atoms with Crippen molar-refractivity contribution in [2.24, 2.45) is 15.9 Å². The lowest BCUT2D eigenvalue weighted by atomic mass is 9.51. The Morgan fingerprint density at radius 3 is 1.56 bits per heavy atom. The number of hydrogen-bond acceptors (Lipinski definition) is 2. The average Bonchev–Trinajstić information content (AvgIpc) is 3.76. The van der Waals surface area contributed by atoms with Crippen LogP contribution in [-0.2, 0) is 10.8 Å². The summed E-state index contributed by atoms with van der Waals surface area (Å²) in [6.45, 7) is 6.76. The fraction of sp³-hybridized carbons (Fsp3) is 0.118. The molecule has 71 heavy (non-hydrogen) atoms. The third-order valence-corrected chi connectivity index (χ3v) is 15.9. The van der Waals surface area contributed by atoms with Gasteiger partial charge in [0, 0.05) is 22.4 Å². The molecule has 2 spiro atoms. The second kappa shape index (κ2) is 16.9. The molecule has 13 rings (SSSR count). The van der Waals surface area contributed by atoms with E-state index in [1.54, 1.807) is 0 Å². The van der Waals surface area contributed by atoms with Crippen molar-refractivity contribution in [2.75, 3.05) is 0 Å². The van der Waals surface area contributed by atoms with Gasteiger partial charge in [-0.15, -0.1) is 0 Å². The zero-order chi connectivity index (χ0) is 47.7. The maximum Gasteiger partial charge on any atom is 0.156 e. The van der Waals surface area contributed by atoms with Gasteiger partial charge in [-0.05, 0) is 103 Å². The summed E-state index contributed by atoms with van der Waals surface area (Å²) < 4.78 is 6.78. The molecule has 0 saturated heterocycles. The van der Waals surface area contributed by atoms with E-state index in [0.717, 1.165) is 51.7 Å². The largest absolute Gasteiger partial charge is 0.457 e. The first-order chi connectivity index (χ1) is 35.0. The summed E-state index contributed by atoms with van der Waals surface area (Å²) in [4.78, 5) is 11.7. The van der Waals surface area contributed by atoms with Crippen molar-refractivity contribution < 1.29 is 4.74 Å². The van der Waals surface area contributed by atoms with Crippen LogP contribution in [0, 0.1) is 5.92 Å². The van der Waals surface area contributed by atoms with Gasteiger partial charge in [-0.3, -0.25) is 4.99 Å². The van der Waals surface area contributed by atoms with Crippen LogP contribution in [0.15, 0.2) is 247 Å². The van der Waals surface area contributed by atoms with Crippen molar-refractivity contribution in [3.63, 3.8) is 0 Å². The third-order valence-electron chi connectivity index (χ3n) is 15.9. The number of fused-ring (bicyclic) bond motifs is 16. The molecular weight excluding hydrogens is 861 g/mol. The van der Waals surface area contributed by atoms with Crippen molar-refractivity contribution in [1.29, 1.82) is 0 Å². The highest BCUT2D eigenvalue weighted by molar-refractivity contribution is 6.15. The molecule has 0 fully saturated rings. The molecule has 0 radical (unpaired) electrons.